The summed E-state index contributed by atoms with van der Waals surface area (Å²) < 4.78 is 26.7. The lowest BCUT2D eigenvalue weighted by atomic mass is 10.3. The van der Waals surface area contributed by atoms with Gasteiger partial charge in [0.15, 0.2) is 0 Å². The van der Waals surface area contributed by atoms with E-state index in [0.29, 0.717) is 44.4 Å². The lowest BCUT2D eigenvalue weighted by molar-refractivity contribution is 0.0923. The highest BCUT2D eigenvalue weighted by Crippen LogP contribution is 2.31. The van der Waals surface area contributed by atoms with Crippen molar-refractivity contribution in [3.8, 4) is 11.6 Å². The number of hydrogen-bond acceptors (Lipinski definition) is 10. The molecule has 11 nitrogen and oxygen atoms in total. The summed E-state index contributed by atoms with van der Waals surface area (Å²) >= 11 is 1.59. The van der Waals surface area contributed by atoms with Gasteiger partial charge >= 0.3 is 0 Å². The second-order valence-electron chi connectivity index (χ2n) is 8.95. The Hall–Kier alpha value is -3.03. The summed E-state index contributed by atoms with van der Waals surface area (Å²) in [5.74, 6) is 1.01. The van der Waals surface area contributed by atoms with E-state index in [2.05, 4.69) is 27.2 Å². The quantitative estimate of drug-likeness (QED) is 0.245. The number of aryl methyl sites for hydroxylation is 1. The van der Waals surface area contributed by atoms with Crippen LogP contribution in [-0.2, 0) is 27.9 Å². The van der Waals surface area contributed by atoms with E-state index in [1.165, 1.54) is 0 Å². The number of rotatable bonds is 10. The first-order chi connectivity index (χ1) is 17.7. The summed E-state index contributed by atoms with van der Waals surface area (Å²) in [7, 11) is 1.89. The second-order valence-corrected chi connectivity index (χ2v) is 9.86. The molecule has 0 radical (unpaired) electrons. The Morgan fingerprint density at radius 1 is 1.19 bits per heavy atom. The van der Waals surface area contributed by atoms with Gasteiger partial charge in [0.05, 0.1) is 55.6 Å². The minimum atomic E-state index is -0.0388. The maximum absolute atomic E-state index is 6.31. The highest BCUT2D eigenvalue weighted by Gasteiger charge is 2.22. The molecular formula is C24H29N7O4S. The zero-order valence-corrected chi connectivity index (χ0v) is 20.9. The Labute approximate surface area is 212 Å². The molecule has 2 N–H and O–H groups in total. The minimum Gasteiger partial charge on any atom is -0.470 e. The van der Waals surface area contributed by atoms with Crippen molar-refractivity contribution in [2.45, 2.75) is 31.6 Å². The van der Waals surface area contributed by atoms with E-state index in [-0.39, 0.29) is 6.10 Å². The van der Waals surface area contributed by atoms with E-state index in [1.54, 1.807) is 22.2 Å². The smallest absolute Gasteiger partial charge is 0.244 e. The van der Waals surface area contributed by atoms with Gasteiger partial charge in [0.1, 0.15) is 11.6 Å². The third-order valence-corrected chi connectivity index (χ3v) is 7.09. The monoisotopic (exact) mass is 511 g/mol. The molecule has 2 atom stereocenters. The van der Waals surface area contributed by atoms with Crippen molar-refractivity contribution in [2.75, 3.05) is 38.5 Å². The molecule has 0 aliphatic carbocycles. The third kappa shape index (κ3) is 5.22. The molecule has 2 fully saturated rings. The van der Waals surface area contributed by atoms with Crippen LogP contribution in [0, 0.1) is 0 Å². The first kappa shape index (κ1) is 23.4. The van der Waals surface area contributed by atoms with Crippen LogP contribution in [0.5, 0.6) is 5.88 Å². The first-order valence-corrected chi connectivity index (χ1v) is 12.9. The lowest BCUT2D eigenvalue weighted by Crippen LogP contribution is -2.31. The molecule has 2 saturated heterocycles. The Bertz CT molecular complexity index is 1310. The van der Waals surface area contributed by atoms with Crippen LogP contribution in [0.15, 0.2) is 36.1 Å². The Morgan fingerprint density at radius 2 is 2.11 bits per heavy atom. The molecule has 0 aromatic carbocycles. The fraction of sp³-hybridized carbons (Fsp3) is 0.458. The Kier molecular flexibility index (Phi) is 6.84. The van der Waals surface area contributed by atoms with Gasteiger partial charge in [0.2, 0.25) is 11.8 Å². The molecule has 4 aromatic rings. The van der Waals surface area contributed by atoms with Gasteiger partial charge in [-0.3, -0.25) is 10.00 Å². The Balaban J connectivity index is 1.18. The fourth-order valence-corrected chi connectivity index (χ4v) is 5.11. The van der Waals surface area contributed by atoms with Crippen LogP contribution in [0.3, 0.4) is 0 Å². The lowest BCUT2D eigenvalue weighted by Gasteiger charge is -2.14. The standard InChI is InChI=1S/C24H29N7O4S/c1-30-10-18(9-26-30)31-5-2-20-22(31)23(35-19-4-7-33-13-19)29-24(27-20)28-21-8-16(14-36-21)11-34-15-25-17-3-6-32-12-17/h2,5,8-10,14,17,19,25H,3-4,6-7,11-13,15H2,1H3,(H,27,28,29)/t17-,19-/m0/s1. The molecule has 0 amide bonds. The van der Waals surface area contributed by atoms with Crippen LogP contribution in [0.1, 0.15) is 18.4 Å². The maximum atomic E-state index is 6.31. The topological polar surface area (TPSA) is 110 Å². The van der Waals surface area contributed by atoms with E-state index in [4.69, 9.17) is 28.9 Å². The molecule has 6 rings (SSSR count). The molecular weight excluding hydrogens is 482 g/mol. The first-order valence-electron chi connectivity index (χ1n) is 12.1. The number of thiophene rings is 1. The summed E-state index contributed by atoms with van der Waals surface area (Å²) in [6.45, 7) is 3.86. The van der Waals surface area contributed by atoms with E-state index in [9.17, 15) is 0 Å². The maximum Gasteiger partial charge on any atom is 0.244 e. The number of nitrogens with zero attached hydrogens (tertiary/aromatic N) is 5. The van der Waals surface area contributed by atoms with Gasteiger partial charge in [-0.05, 0) is 29.5 Å². The molecule has 4 aromatic heterocycles. The summed E-state index contributed by atoms with van der Waals surface area (Å²) in [5, 5.41) is 14.0. The predicted octanol–water partition coefficient (Wildman–Crippen LogP) is 2.98. The minimum absolute atomic E-state index is 0.0388. The van der Waals surface area contributed by atoms with Crippen molar-refractivity contribution >= 4 is 33.3 Å². The largest absolute Gasteiger partial charge is 0.470 e. The number of hydrogen-bond donors (Lipinski definition) is 2. The van der Waals surface area contributed by atoms with Crippen LogP contribution in [0.25, 0.3) is 16.7 Å². The average Bonchev–Trinajstić information content (AvgIpc) is 3.69. The van der Waals surface area contributed by atoms with Crippen molar-refractivity contribution < 1.29 is 18.9 Å². The van der Waals surface area contributed by atoms with Gasteiger partial charge in [-0.1, -0.05) is 0 Å². The number of aromatic nitrogens is 5. The average molecular weight is 512 g/mol. The van der Waals surface area contributed by atoms with Gasteiger partial charge in [-0.25, -0.2) is 4.98 Å². The van der Waals surface area contributed by atoms with Crippen molar-refractivity contribution in [3.05, 3.63) is 41.7 Å². The zero-order chi connectivity index (χ0) is 24.3. The van der Waals surface area contributed by atoms with E-state index < -0.39 is 0 Å². The highest BCUT2D eigenvalue weighted by atomic mass is 32.1. The molecule has 0 bridgehead atoms. The van der Waals surface area contributed by atoms with Crippen molar-refractivity contribution in [1.82, 2.24) is 29.6 Å². The molecule has 190 valence electrons. The van der Waals surface area contributed by atoms with E-state index in [0.717, 1.165) is 53.3 Å². The molecule has 6 heterocycles. The number of fused-ring (bicyclic) bond motifs is 1. The SMILES string of the molecule is Cn1cc(-n2ccc3nc(Nc4cc(COCN[C@H]5CCOC5)cs4)nc(O[C@H]4CCOC4)c32)cn1. The summed E-state index contributed by atoms with van der Waals surface area (Å²) in [6.07, 6.45) is 7.54. The molecule has 12 heteroatoms. The third-order valence-electron chi connectivity index (χ3n) is 6.20. The number of nitrogens with one attached hydrogen (secondary N) is 2. The molecule has 2 aliphatic heterocycles. The molecule has 2 aliphatic rings. The Morgan fingerprint density at radius 3 is 2.92 bits per heavy atom. The van der Waals surface area contributed by atoms with Gasteiger partial charge in [-0.15, -0.1) is 11.3 Å². The van der Waals surface area contributed by atoms with Gasteiger partial charge < -0.3 is 28.8 Å². The molecule has 0 unspecified atom stereocenters. The summed E-state index contributed by atoms with van der Waals surface area (Å²) in [5.41, 5.74) is 3.60. The van der Waals surface area contributed by atoms with Crippen LogP contribution < -0.4 is 15.4 Å². The van der Waals surface area contributed by atoms with Crippen LogP contribution in [-0.4, -0.2) is 69.6 Å². The van der Waals surface area contributed by atoms with Crippen molar-refractivity contribution in [1.29, 1.82) is 0 Å². The van der Waals surface area contributed by atoms with Gasteiger partial charge in [-0.2, -0.15) is 10.1 Å². The summed E-state index contributed by atoms with van der Waals surface area (Å²) in [6, 6.07) is 4.41. The van der Waals surface area contributed by atoms with Gasteiger partial charge in [0.25, 0.3) is 0 Å². The molecule has 0 spiro atoms. The van der Waals surface area contributed by atoms with E-state index >= 15 is 0 Å². The van der Waals surface area contributed by atoms with Crippen LogP contribution >= 0.6 is 11.3 Å². The highest BCUT2D eigenvalue weighted by molar-refractivity contribution is 7.14. The second kappa shape index (κ2) is 10.5. The zero-order valence-electron chi connectivity index (χ0n) is 20.1. The molecule has 36 heavy (non-hydrogen) atoms. The number of ether oxygens (including phenoxy) is 4. The van der Waals surface area contributed by atoms with E-state index in [1.807, 2.05) is 30.1 Å². The van der Waals surface area contributed by atoms with Crippen molar-refractivity contribution in [2.24, 2.45) is 7.05 Å². The predicted molar refractivity (Wildman–Crippen MR) is 135 cm³/mol. The van der Waals surface area contributed by atoms with Crippen molar-refractivity contribution in [3.63, 3.8) is 0 Å². The van der Waals surface area contributed by atoms with Gasteiger partial charge in [0, 0.05) is 38.5 Å². The number of anilines is 2. The van der Waals surface area contributed by atoms with Crippen LogP contribution in [0.4, 0.5) is 10.9 Å². The summed E-state index contributed by atoms with van der Waals surface area (Å²) in [4.78, 5) is 9.52. The fourth-order valence-electron chi connectivity index (χ4n) is 4.33. The molecule has 0 saturated carbocycles. The van der Waals surface area contributed by atoms with Crippen LogP contribution in [0.2, 0.25) is 0 Å². The normalized spacial score (nSPS) is 19.9.